The molecule has 3 aromatic heterocycles. The lowest BCUT2D eigenvalue weighted by Gasteiger charge is -2.22. The molecule has 10 heteroatoms. The number of halogens is 1. The summed E-state index contributed by atoms with van der Waals surface area (Å²) in [4.78, 5) is 16.1. The highest BCUT2D eigenvalue weighted by molar-refractivity contribution is 5.87. The fraction of sp³-hybridized carbons (Fsp3) is 0.652. The highest BCUT2D eigenvalue weighted by Gasteiger charge is 2.27. The van der Waals surface area contributed by atoms with Gasteiger partial charge in [-0.1, -0.05) is 13.3 Å². The normalized spacial score (nSPS) is 16.8. The summed E-state index contributed by atoms with van der Waals surface area (Å²) in [6.45, 7) is 10.9. The first-order chi connectivity index (χ1) is 15.8. The lowest BCUT2D eigenvalue weighted by molar-refractivity contribution is 0.364. The molecule has 3 aromatic rings. The van der Waals surface area contributed by atoms with Crippen molar-refractivity contribution in [1.29, 1.82) is 0 Å². The maximum absolute atomic E-state index is 13.9. The van der Waals surface area contributed by atoms with Crippen LogP contribution in [0.5, 0.6) is 0 Å². The second-order valence-electron chi connectivity index (χ2n) is 9.74. The molecule has 1 fully saturated rings. The van der Waals surface area contributed by atoms with Gasteiger partial charge in [-0.05, 0) is 53.0 Å². The molecule has 0 aromatic carbocycles. The van der Waals surface area contributed by atoms with Crippen LogP contribution in [0.15, 0.2) is 12.5 Å². The second kappa shape index (κ2) is 9.62. The number of nitrogens with zero attached hydrogens (tertiary/aromatic N) is 7. The third-order valence-electron chi connectivity index (χ3n) is 6.04. The van der Waals surface area contributed by atoms with Crippen LogP contribution in [-0.2, 0) is 18.5 Å². The van der Waals surface area contributed by atoms with E-state index in [1.165, 1.54) is 0 Å². The summed E-state index contributed by atoms with van der Waals surface area (Å²) in [6.07, 6.45) is 7.44. The Bertz CT molecular complexity index is 1080. The van der Waals surface area contributed by atoms with Gasteiger partial charge < -0.3 is 20.5 Å². The molecule has 9 nitrogen and oxygen atoms in total. The first kappa shape index (κ1) is 23.4. The minimum absolute atomic E-state index is 0.200. The fourth-order valence-corrected chi connectivity index (χ4v) is 4.17. The molecule has 1 aliphatic rings. The summed E-state index contributed by atoms with van der Waals surface area (Å²) >= 11 is 0. The minimum Gasteiger partial charge on any atom is -0.338 e. The number of hydrogen-bond donors (Lipinski definition) is 2. The molecule has 1 unspecified atom stereocenters. The number of alkyl halides is 1. The molecule has 3 N–H and O–H groups in total. The van der Waals surface area contributed by atoms with E-state index in [0.29, 0.717) is 36.8 Å². The van der Waals surface area contributed by atoms with Crippen molar-refractivity contribution < 1.29 is 4.39 Å². The Morgan fingerprint density at radius 1 is 1.21 bits per heavy atom. The molecule has 4 rings (SSSR count). The van der Waals surface area contributed by atoms with Gasteiger partial charge in [0.15, 0.2) is 17.0 Å². The summed E-state index contributed by atoms with van der Waals surface area (Å²) in [5.74, 6) is 1.15. The molecule has 0 aliphatic carbocycles. The molecular formula is C23H36FN9. The Balaban J connectivity index is 1.69. The van der Waals surface area contributed by atoms with Crippen molar-refractivity contribution in [3.05, 3.63) is 18.2 Å². The smallest absolute Gasteiger partial charge is 0.229 e. The van der Waals surface area contributed by atoms with Crippen molar-refractivity contribution in [3.63, 3.8) is 0 Å². The number of aryl methyl sites for hydroxylation is 2. The van der Waals surface area contributed by atoms with Gasteiger partial charge in [-0.25, -0.2) is 9.37 Å². The third kappa shape index (κ3) is 5.10. The largest absolute Gasteiger partial charge is 0.338 e. The molecule has 0 bridgehead atoms. The van der Waals surface area contributed by atoms with Crippen molar-refractivity contribution >= 4 is 28.6 Å². The van der Waals surface area contributed by atoms with E-state index in [2.05, 4.69) is 38.0 Å². The van der Waals surface area contributed by atoms with Crippen molar-refractivity contribution in [2.24, 2.45) is 5.73 Å². The number of nitrogens with two attached hydrogens (primary N) is 1. The van der Waals surface area contributed by atoms with E-state index in [1.807, 2.05) is 20.3 Å². The molecule has 0 spiro atoms. The lowest BCUT2D eigenvalue weighted by atomic mass is 10.1. The molecule has 180 valence electrons. The number of aromatic nitrogens is 6. The van der Waals surface area contributed by atoms with E-state index in [-0.39, 0.29) is 5.54 Å². The standard InChI is InChI=1S/C23H36FN9/c1-5-17-18(14-32(30-17)11-8-6-7-10-25)27-20-19-21(33(15-26-19)23(2,3)4)29-22(28-20)31-12-9-16(24)13-31/h14-16H,5-13,25H2,1-4H3,(H,27,28,29). The molecule has 0 radical (unpaired) electrons. The van der Waals surface area contributed by atoms with Crippen molar-refractivity contribution in [1.82, 2.24) is 29.3 Å². The summed E-state index contributed by atoms with van der Waals surface area (Å²) in [5.41, 5.74) is 8.73. The van der Waals surface area contributed by atoms with E-state index in [4.69, 9.17) is 20.8 Å². The zero-order valence-corrected chi connectivity index (χ0v) is 20.2. The average molecular weight is 458 g/mol. The number of fused-ring (bicyclic) bond motifs is 1. The van der Waals surface area contributed by atoms with E-state index in [0.717, 1.165) is 55.8 Å². The van der Waals surface area contributed by atoms with Gasteiger partial charge in [0.05, 0.1) is 24.3 Å². The first-order valence-electron chi connectivity index (χ1n) is 12.0. The van der Waals surface area contributed by atoms with Gasteiger partial charge >= 0.3 is 0 Å². The van der Waals surface area contributed by atoms with Crippen molar-refractivity contribution in [2.45, 2.75) is 78.1 Å². The number of hydrogen-bond acceptors (Lipinski definition) is 7. The van der Waals surface area contributed by atoms with Gasteiger partial charge in [0, 0.05) is 24.8 Å². The van der Waals surface area contributed by atoms with Crippen LogP contribution in [0.2, 0.25) is 0 Å². The summed E-state index contributed by atoms with van der Waals surface area (Å²) in [6, 6.07) is 0. The second-order valence-corrected chi connectivity index (χ2v) is 9.74. The molecule has 0 amide bonds. The van der Waals surface area contributed by atoms with Gasteiger partial charge in [0.2, 0.25) is 5.95 Å². The van der Waals surface area contributed by atoms with E-state index in [9.17, 15) is 4.39 Å². The lowest BCUT2D eigenvalue weighted by Crippen LogP contribution is -2.24. The van der Waals surface area contributed by atoms with Crippen LogP contribution in [-0.4, -0.2) is 55.1 Å². The summed E-state index contributed by atoms with van der Waals surface area (Å²) < 4.78 is 18.0. The Labute approximate surface area is 194 Å². The zero-order chi connectivity index (χ0) is 23.6. The van der Waals surface area contributed by atoms with Crippen LogP contribution >= 0.6 is 0 Å². The highest BCUT2D eigenvalue weighted by atomic mass is 19.1. The summed E-state index contributed by atoms with van der Waals surface area (Å²) in [7, 11) is 0. The summed E-state index contributed by atoms with van der Waals surface area (Å²) in [5, 5.41) is 8.23. The zero-order valence-electron chi connectivity index (χ0n) is 20.2. The number of unbranched alkanes of at least 4 members (excludes halogenated alkanes) is 2. The van der Waals surface area contributed by atoms with Crippen molar-refractivity contribution in [3.8, 4) is 0 Å². The molecule has 1 aliphatic heterocycles. The Kier molecular flexibility index (Phi) is 6.83. The van der Waals surface area contributed by atoms with E-state index < -0.39 is 6.17 Å². The van der Waals surface area contributed by atoms with Gasteiger partial charge in [-0.2, -0.15) is 15.1 Å². The SMILES string of the molecule is CCc1nn(CCCCCN)cc1Nc1nc(N2CCC(F)C2)nc2c1ncn2C(C)(C)C. The fourth-order valence-electron chi connectivity index (χ4n) is 4.17. The predicted octanol–water partition coefficient (Wildman–Crippen LogP) is 3.76. The molecule has 1 saturated heterocycles. The maximum atomic E-state index is 13.9. The number of anilines is 3. The van der Waals surface area contributed by atoms with Gasteiger partial charge in [-0.15, -0.1) is 0 Å². The minimum atomic E-state index is -0.850. The Morgan fingerprint density at radius 3 is 2.70 bits per heavy atom. The van der Waals surface area contributed by atoms with Gasteiger partial charge in [0.25, 0.3) is 0 Å². The molecule has 33 heavy (non-hydrogen) atoms. The van der Waals surface area contributed by atoms with Crippen molar-refractivity contribution in [2.75, 3.05) is 29.9 Å². The molecule has 0 saturated carbocycles. The van der Waals surface area contributed by atoms with E-state index in [1.54, 1.807) is 6.33 Å². The topological polar surface area (TPSA) is 103 Å². The Hall–Kier alpha value is -2.75. The number of nitrogens with one attached hydrogen (secondary N) is 1. The molecule has 4 heterocycles. The van der Waals surface area contributed by atoms with Gasteiger partial charge in [0.1, 0.15) is 6.17 Å². The van der Waals surface area contributed by atoms with Crippen LogP contribution in [0.1, 0.15) is 59.1 Å². The number of imidazole rings is 1. The Morgan fingerprint density at radius 2 is 2.03 bits per heavy atom. The third-order valence-corrected chi connectivity index (χ3v) is 6.04. The predicted molar refractivity (Wildman–Crippen MR) is 130 cm³/mol. The van der Waals surface area contributed by atoms with Crippen LogP contribution in [0.3, 0.4) is 0 Å². The molecular weight excluding hydrogens is 421 g/mol. The van der Waals surface area contributed by atoms with Crippen LogP contribution < -0.4 is 16.0 Å². The average Bonchev–Trinajstić information content (AvgIpc) is 3.48. The number of rotatable bonds is 9. The quantitative estimate of drug-likeness (QED) is 0.472. The first-order valence-corrected chi connectivity index (χ1v) is 12.0. The van der Waals surface area contributed by atoms with Gasteiger partial charge in [-0.3, -0.25) is 4.68 Å². The molecule has 1 atom stereocenters. The van der Waals surface area contributed by atoms with Crippen LogP contribution in [0.4, 0.5) is 21.8 Å². The van der Waals surface area contributed by atoms with Crippen LogP contribution in [0, 0.1) is 0 Å². The monoisotopic (exact) mass is 457 g/mol. The maximum Gasteiger partial charge on any atom is 0.229 e. The van der Waals surface area contributed by atoms with E-state index >= 15 is 0 Å². The highest BCUT2D eigenvalue weighted by Crippen LogP contribution is 2.31. The van der Waals surface area contributed by atoms with Crippen LogP contribution in [0.25, 0.3) is 11.2 Å².